The van der Waals surface area contributed by atoms with Gasteiger partial charge in [0, 0.05) is 25.9 Å². The minimum atomic E-state index is 0.0866. The normalized spacial score (nSPS) is 24.7. The molecule has 78 valence electrons. The molecule has 1 aliphatic heterocycles. The summed E-state index contributed by atoms with van der Waals surface area (Å²) in [6.07, 6.45) is 0.940. The number of aryl methyl sites for hydroxylation is 1. The van der Waals surface area contributed by atoms with Crippen LogP contribution in [0, 0.1) is 6.92 Å². The first kappa shape index (κ1) is 9.68. The summed E-state index contributed by atoms with van der Waals surface area (Å²) in [6.45, 7) is 4.89. The number of nitrogens with zero attached hydrogens (tertiary/aromatic N) is 2. The molecule has 0 aliphatic carbocycles. The average Bonchev–Trinajstić information content (AvgIpc) is 2.43. The van der Waals surface area contributed by atoms with Crippen molar-refractivity contribution in [1.82, 2.24) is 9.88 Å². The van der Waals surface area contributed by atoms with E-state index in [2.05, 4.69) is 16.9 Å². The summed E-state index contributed by atoms with van der Waals surface area (Å²) in [4.78, 5) is 6.66. The Morgan fingerprint density at radius 3 is 3.00 bits per heavy atom. The molecule has 2 N–H and O–H groups in total. The fraction of sp³-hybridized carbons (Fsp3) is 0.700. The molecule has 0 amide bonds. The van der Waals surface area contributed by atoms with Crippen LogP contribution < -0.4 is 5.73 Å². The van der Waals surface area contributed by atoms with Gasteiger partial charge in [-0.1, -0.05) is 0 Å². The monoisotopic (exact) mass is 195 g/mol. The van der Waals surface area contributed by atoms with Gasteiger partial charge in [-0.25, -0.2) is 4.98 Å². The molecule has 0 fully saturated rings. The van der Waals surface area contributed by atoms with Crippen LogP contribution in [0.15, 0.2) is 4.42 Å². The van der Waals surface area contributed by atoms with Gasteiger partial charge < -0.3 is 10.2 Å². The van der Waals surface area contributed by atoms with Gasteiger partial charge in [-0.3, -0.25) is 4.90 Å². The summed E-state index contributed by atoms with van der Waals surface area (Å²) in [5.41, 5.74) is 6.99. The molecule has 1 aromatic heterocycles. The lowest BCUT2D eigenvalue weighted by atomic mass is 9.99. The van der Waals surface area contributed by atoms with Crippen LogP contribution in [0.3, 0.4) is 0 Å². The molecule has 0 spiro atoms. The van der Waals surface area contributed by atoms with Gasteiger partial charge in [0.1, 0.15) is 11.5 Å². The third kappa shape index (κ3) is 1.44. The van der Waals surface area contributed by atoms with Gasteiger partial charge in [0.25, 0.3) is 0 Å². The Balaban J connectivity index is 2.40. The van der Waals surface area contributed by atoms with E-state index in [4.69, 9.17) is 10.2 Å². The summed E-state index contributed by atoms with van der Waals surface area (Å²) in [5, 5.41) is 0. The Hall–Kier alpha value is -0.870. The fourth-order valence-electron chi connectivity index (χ4n) is 2.17. The first-order valence-electron chi connectivity index (χ1n) is 5.01. The average molecular weight is 195 g/mol. The lowest BCUT2D eigenvalue weighted by molar-refractivity contribution is 0.193. The second-order valence-electron chi connectivity index (χ2n) is 4.08. The maximum atomic E-state index is 5.96. The van der Waals surface area contributed by atoms with E-state index in [1.54, 1.807) is 0 Å². The molecule has 1 aromatic rings. The van der Waals surface area contributed by atoms with E-state index in [0.717, 1.165) is 30.3 Å². The van der Waals surface area contributed by atoms with Gasteiger partial charge in [-0.2, -0.15) is 0 Å². The summed E-state index contributed by atoms with van der Waals surface area (Å²) >= 11 is 0. The van der Waals surface area contributed by atoms with Crippen LogP contribution >= 0.6 is 0 Å². The summed E-state index contributed by atoms with van der Waals surface area (Å²) in [5.74, 6) is 1.76. The molecule has 0 saturated heterocycles. The number of oxazole rings is 1. The van der Waals surface area contributed by atoms with Crippen molar-refractivity contribution in [3.05, 3.63) is 17.3 Å². The van der Waals surface area contributed by atoms with Crippen LogP contribution in [-0.2, 0) is 6.42 Å². The van der Waals surface area contributed by atoms with Gasteiger partial charge in [0.2, 0.25) is 0 Å². The van der Waals surface area contributed by atoms with Crippen molar-refractivity contribution in [2.75, 3.05) is 13.6 Å². The van der Waals surface area contributed by atoms with Gasteiger partial charge >= 0.3 is 0 Å². The van der Waals surface area contributed by atoms with Crippen molar-refractivity contribution in [2.45, 2.75) is 32.4 Å². The minimum absolute atomic E-state index is 0.0866. The maximum Gasteiger partial charge on any atom is 0.191 e. The molecule has 2 rings (SSSR count). The number of fused-ring (bicyclic) bond motifs is 1. The van der Waals surface area contributed by atoms with Crippen LogP contribution in [-0.4, -0.2) is 29.5 Å². The number of nitrogens with two attached hydrogens (primary N) is 1. The van der Waals surface area contributed by atoms with E-state index in [1.807, 2.05) is 13.8 Å². The van der Waals surface area contributed by atoms with Crippen LogP contribution in [0.1, 0.15) is 30.3 Å². The van der Waals surface area contributed by atoms with Gasteiger partial charge in [0.15, 0.2) is 5.89 Å². The Kier molecular flexibility index (Phi) is 2.33. The van der Waals surface area contributed by atoms with Gasteiger partial charge in [-0.05, 0) is 14.0 Å². The van der Waals surface area contributed by atoms with E-state index < -0.39 is 0 Å². The molecule has 2 atom stereocenters. The van der Waals surface area contributed by atoms with Crippen molar-refractivity contribution >= 4 is 0 Å². The highest BCUT2D eigenvalue weighted by molar-refractivity contribution is 5.19. The van der Waals surface area contributed by atoms with Crippen molar-refractivity contribution in [2.24, 2.45) is 5.73 Å². The highest BCUT2D eigenvalue weighted by atomic mass is 16.4. The minimum Gasteiger partial charge on any atom is -0.446 e. The van der Waals surface area contributed by atoms with Gasteiger partial charge in [0.05, 0.1) is 6.04 Å². The quantitative estimate of drug-likeness (QED) is 0.722. The molecule has 0 bridgehead atoms. The molecular formula is C10H17N3O. The SMILES string of the molecule is Cc1nc2c(o1)CCN(C)C2C(C)N. The molecule has 4 heteroatoms. The van der Waals surface area contributed by atoms with E-state index in [9.17, 15) is 0 Å². The first-order chi connectivity index (χ1) is 6.59. The lowest BCUT2D eigenvalue weighted by Gasteiger charge is -2.33. The van der Waals surface area contributed by atoms with E-state index in [0.29, 0.717) is 0 Å². The molecule has 0 aromatic carbocycles. The van der Waals surface area contributed by atoms with E-state index in [-0.39, 0.29) is 12.1 Å². The van der Waals surface area contributed by atoms with Crippen LogP contribution in [0.5, 0.6) is 0 Å². The Labute approximate surface area is 84.1 Å². The topological polar surface area (TPSA) is 55.3 Å². The summed E-state index contributed by atoms with van der Waals surface area (Å²) in [6, 6.07) is 0.291. The van der Waals surface area contributed by atoms with Crippen molar-refractivity contribution in [3.8, 4) is 0 Å². The first-order valence-corrected chi connectivity index (χ1v) is 5.01. The second-order valence-corrected chi connectivity index (χ2v) is 4.08. The van der Waals surface area contributed by atoms with E-state index in [1.165, 1.54) is 0 Å². The highest BCUT2D eigenvalue weighted by Crippen LogP contribution is 2.30. The number of aromatic nitrogens is 1. The molecule has 2 heterocycles. The molecule has 0 radical (unpaired) electrons. The fourth-order valence-corrected chi connectivity index (χ4v) is 2.17. The van der Waals surface area contributed by atoms with Crippen molar-refractivity contribution in [3.63, 3.8) is 0 Å². The third-order valence-electron chi connectivity index (χ3n) is 2.78. The molecule has 0 saturated carbocycles. The molecule has 4 nitrogen and oxygen atoms in total. The molecule has 14 heavy (non-hydrogen) atoms. The van der Waals surface area contributed by atoms with Crippen molar-refractivity contribution < 1.29 is 4.42 Å². The second kappa shape index (κ2) is 3.37. The Morgan fingerprint density at radius 2 is 2.36 bits per heavy atom. The zero-order valence-electron chi connectivity index (χ0n) is 8.95. The predicted octanol–water partition coefficient (Wildman–Crippen LogP) is 0.859. The maximum absolute atomic E-state index is 5.96. The number of rotatable bonds is 1. The standard InChI is InChI=1S/C10H17N3O/c1-6(11)10-9-8(4-5-13(10)3)14-7(2)12-9/h6,10H,4-5,11H2,1-3H3. The zero-order valence-corrected chi connectivity index (χ0v) is 8.95. The molecular weight excluding hydrogens is 178 g/mol. The number of hydrogen-bond acceptors (Lipinski definition) is 4. The van der Waals surface area contributed by atoms with Crippen LogP contribution in [0.2, 0.25) is 0 Å². The Bertz CT molecular complexity index is 332. The Morgan fingerprint density at radius 1 is 1.64 bits per heavy atom. The summed E-state index contributed by atoms with van der Waals surface area (Å²) in [7, 11) is 2.08. The zero-order chi connectivity index (χ0) is 10.3. The molecule has 1 aliphatic rings. The molecule has 2 unspecified atom stereocenters. The van der Waals surface area contributed by atoms with Gasteiger partial charge in [-0.15, -0.1) is 0 Å². The lowest BCUT2D eigenvalue weighted by Crippen LogP contribution is -2.41. The smallest absolute Gasteiger partial charge is 0.191 e. The van der Waals surface area contributed by atoms with Crippen LogP contribution in [0.4, 0.5) is 0 Å². The largest absolute Gasteiger partial charge is 0.446 e. The number of likely N-dealkylation sites (N-methyl/N-ethyl adjacent to an activating group) is 1. The number of hydrogen-bond donors (Lipinski definition) is 1. The third-order valence-corrected chi connectivity index (χ3v) is 2.78. The highest BCUT2D eigenvalue weighted by Gasteiger charge is 2.31. The summed E-state index contributed by atoms with van der Waals surface area (Å²) < 4.78 is 5.54. The van der Waals surface area contributed by atoms with Crippen molar-refractivity contribution in [1.29, 1.82) is 0 Å². The van der Waals surface area contributed by atoms with Crippen LogP contribution in [0.25, 0.3) is 0 Å². The van der Waals surface area contributed by atoms with E-state index >= 15 is 0 Å². The predicted molar refractivity (Wildman–Crippen MR) is 54.0 cm³/mol.